The van der Waals surface area contributed by atoms with E-state index >= 15 is 0 Å². The van der Waals surface area contributed by atoms with E-state index in [1.54, 1.807) is 6.08 Å². The van der Waals surface area contributed by atoms with Crippen LogP contribution in [0, 0.1) is 13.8 Å². The molecular formula is C20H19Br2N3O3S. The van der Waals surface area contributed by atoms with Crippen LogP contribution < -0.4 is 20.9 Å². The number of hydrogen-bond donors (Lipinski definition) is 3. The number of ether oxygens (including phenoxy) is 1. The summed E-state index contributed by atoms with van der Waals surface area (Å²) in [6.07, 6.45) is 3.03. The highest BCUT2D eigenvalue weighted by Crippen LogP contribution is 2.32. The van der Waals surface area contributed by atoms with Gasteiger partial charge in [-0.05, 0) is 71.3 Å². The summed E-state index contributed by atoms with van der Waals surface area (Å²) in [7, 11) is 0. The first kappa shape index (κ1) is 23.1. The second-order valence-corrected chi connectivity index (χ2v) is 8.24. The number of nitrogens with one attached hydrogen (secondary N) is 3. The zero-order valence-corrected chi connectivity index (χ0v) is 19.7. The summed E-state index contributed by atoms with van der Waals surface area (Å²) in [4.78, 5) is 23.8. The number of carbonyl (C=O) groups is 2. The van der Waals surface area contributed by atoms with Gasteiger partial charge in [0.15, 0.2) is 11.7 Å². The Balaban J connectivity index is 1.75. The highest BCUT2D eigenvalue weighted by Gasteiger charge is 2.10. The number of amides is 2. The Morgan fingerprint density at radius 1 is 1.10 bits per heavy atom. The molecule has 2 amide bonds. The topological polar surface area (TPSA) is 79.5 Å². The van der Waals surface area contributed by atoms with Gasteiger partial charge in [-0.1, -0.05) is 45.8 Å². The van der Waals surface area contributed by atoms with E-state index in [2.05, 4.69) is 48.0 Å². The third-order valence-corrected chi connectivity index (χ3v) is 4.85. The molecule has 2 aromatic carbocycles. The van der Waals surface area contributed by atoms with Crippen molar-refractivity contribution in [1.29, 1.82) is 0 Å². The van der Waals surface area contributed by atoms with Crippen LogP contribution in [0.1, 0.15) is 16.7 Å². The summed E-state index contributed by atoms with van der Waals surface area (Å²) in [5.74, 6) is -0.297. The van der Waals surface area contributed by atoms with Crippen LogP contribution >= 0.6 is 44.1 Å². The van der Waals surface area contributed by atoms with Crippen molar-refractivity contribution < 1.29 is 14.3 Å². The van der Waals surface area contributed by atoms with Gasteiger partial charge in [-0.3, -0.25) is 25.8 Å². The quantitative estimate of drug-likeness (QED) is 0.304. The van der Waals surface area contributed by atoms with Gasteiger partial charge in [0, 0.05) is 10.5 Å². The molecule has 0 fully saturated rings. The number of hydrazine groups is 1. The number of rotatable bonds is 5. The largest absolute Gasteiger partial charge is 0.482 e. The molecule has 0 heterocycles. The zero-order valence-electron chi connectivity index (χ0n) is 15.7. The molecule has 29 heavy (non-hydrogen) atoms. The summed E-state index contributed by atoms with van der Waals surface area (Å²) in [6.45, 7) is 3.64. The van der Waals surface area contributed by atoms with Crippen molar-refractivity contribution in [1.82, 2.24) is 16.2 Å². The maximum atomic E-state index is 11.9. The Bertz CT molecular complexity index is 923. The molecule has 0 spiro atoms. The number of thiocarbonyl (C=S) groups is 1. The normalized spacial score (nSPS) is 10.5. The molecule has 0 unspecified atom stereocenters. The van der Waals surface area contributed by atoms with Crippen LogP contribution in [-0.2, 0) is 9.59 Å². The first-order valence-corrected chi connectivity index (χ1v) is 10.5. The fourth-order valence-electron chi connectivity index (χ4n) is 2.21. The van der Waals surface area contributed by atoms with E-state index in [4.69, 9.17) is 17.0 Å². The van der Waals surface area contributed by atoms with E-state index in [-0.39, 0.29) is 11.7 Å². The number of halogens is 2. The monoisotopic (exact) mass is 539 g/mol. The van der Waals surface area contributed by atoms with Gasteiger partial charge in [0.05, 0.1) is 4.47 Å². The lowest BCUT2D eigenvalue weighted by Gasteiger charge is -2.13. The van der Waals surface area contributed by atoms with Gasteiger partial charge in [-0.25, -0.2) is 0 Å². The van der Waals surface area contributed by atoms with Gasteiger partial charge >= 0.3 is 0 Å². The Hall–Kier alpha value is -2.23. The molecule has 0 aromatic heterocycles. The molecule has 152 valence electrons. The average molecular weight is 541 g/mol. The van der Waals surface area contributed by atoms with Crippen molar-refractivity contribution in [3.05, 3.63) is 68.1 Å². The molecule has 0 saturated carbocycles. The summed E-state index contributed by atoms with van der Waals surface area (Å²) < 4.78 is 7.16. The van der Waals surface area contributed by atoms with Crippen molar-refractivity contribution in [3.8, 4) is 5.75 Å². The van der Waals surface area contributed by atoms with Gasteiger partial charge < -0.3 is 4.74 Å². The standard InChI is InChI=1S/C20H19Br2N3O3S/c1-12-3-5-14(6-4-12)7-8-17(26)23-20(29)25-24-18(27)11-28-19-13(2)9-15(21)10-16(19)22/h3-10H,11H2,1-2H3,(H,24,27)(H2,23,25,26,29). The SMILES string of the molecule is Cc1ccc(C=CC(=O)NC(=S)NNC(=O)COc2c(C)cc(Br)cc2Br)cc1. The maximum absolute atomic E-state index is 11.9. The van der Waals surface area contributed by atoms with Crippen molar-refractivity contribution in [2.75, 3.05) is 6.61 Å². The lowest BCUT2D eigenvalue weighted by atomic mass is 10.1. The minimum Gasteiger partial charge on any atom is -0.482 e. The summed E-state index contributed by atoms with van der Waals surface area (Å²) in [5.41, 5.74) is 7.73. The Labute approximate surface area is 191 Å². The molecule has 2 rings (SSSR count). The number of benzene rings is 2. The fourth-order valence-corrected chi connectivity index (χ4v) is 3.91. The molecule has 0 radical (unpaired) electrons. The van der Waals surface area contributed by atoms with E-state index in [0.29, 0.717) is 5.75 Å². The molecule has 9 heteroatoms. The molecule has 0 aliphatic heterocycles. The van der Waals surface area contributed by atoms with Crippen LogP contribution in [0.2, 0.25) is 0 Å². The first-order chi connectivity index (χ1) is 13.7. The van der Waals surface area contributed by atoms with Crippen molar-refractivity contribution in [3.63, 3.8) is 0 Å². The highest BCUT2D eigenvalue weighted by molar-refractivity contribution is 9.11. The maximum Gasteiger partial charge on any atom is 0.276 e. The zero-order chi connectivity index (χ0) is 21.4. The molecular weight excluding hydrogens is 522 g/mol. The number of hydrogen-bond acceptors (Lipinski definition) is 4. The second-order valence-electron chi connectivity index (χ2n) is 6.06. The average Bonchev–Trinajstić information content (AvgIpc) is 2.65. The smallest absolute Gasteiger partial charge is 0.276 e. The third kappa shape index (κ3) is 7.96. The molecule has 2 aromatic rings. The molecule has 0 bridgehead atoms. The van der Waals surface area contributed by atoms with Crippen LogP contribution in [0.15, 0.2) is 51.4 Å². The fraction of sp³-hybridized carbons (Fsp3) is 0.150. The summed E-state index contributed by atoms with van der Waals surface area (Å²) in [5, 5.41) is 2.41. The first-order valence-electron chi connectivity index (χ1n) is 8.47. The van der Waals surface area contributed by atoms with E-state index in [1.165, 1.54) is 6.08 Å². The summed E-state index contributed by atoms with van der Waals surface area (Å²) in [6, 6.07) is 11.4. The minimum absolute atomic E-state index is 0.0297. The van der Waals surface area contributed by atoms with Crippen molar-refractivity contribution >= 4 is 67.1 Å². The van der Waals surface area contributed by atoms with Gasteiger partial charge in [-0.15, -0.1) is 0 Å². The van der Waals surface area contributed by atoms with E-state index in [9.17, 15) is 9.59 Å². The van der Waals surface area contributed by atoms with Gasteiger partial charge in [0.25, 0.3) is 5.91 Å². The highest BCUT2D eigenvalue weighted by atomic mass is 79.9. The molecule has 3 N–H and O–H groups in total. The van der Waals surface area contributed by atoms with Crippen LogP contribution in [0.3, 0.4) is 0 Å². The number of aryl methyl sites for hydroxylation is 2. The Morgan fingerprint density at radius 2 is 1.79 bits per heavy atom. The predicted octanol–water partition coefficient (Wildman–Crippen LogP) is 3.94. The van der Waals surface area contributed by atoms with Crippen molar-refractivity contribution in [2.45, 2.75) is 13.8 Å². The summed E-state index contributed by atoms with van der Waals surface area (Å²) >= 11 is 11.8. The molecule has 0 saturated heterocycles. The molecule has 0 aliphatic carbocycles. The van der Waals surface area contributed by atoms with Crippen molar-refractivity contribution in [2.24, 2.45) is 0 Å². The Morgan fingerprint density at radius 3 is 2.45 bits per heavy atom. The van der Waals surface area contributed by atoms with Gasteiger partial charge in [0.1, 0.15) is 5.75 Å². The number of carbonyl (C=O) groups excluding carboxylic acids is 2. The van der Waals surface area contributed by atoms with E-state index < -0.39 is 11.8 Å². The predicted molar refractivity (Wildman–Crippen MR) is 124 cm³/mol. The lowest BCUT2D eigenvalue weighted by molar-refractivity contribution is -0.123. The van der Waals surface area contributed by atoms with Crippen LogP contribution in [0.4, 0.5) is 0 Å². The second kappa shape index (κ2) is 11.1. The van der Waals surface area contributed by atoms with E-state index in [0.717, 1.165) is 25.6 Å². The van der Waals surface area contributed by atoms with Gasteiger partial charge in [-0.2, -0.15) is 0 Å². The van der Waals surface area contributed by atoms with Crippen LogP contribution in [0.25, 0.3) is 6.08 Å². The third-order valence-electron chi connectivity index (χ3n) is 3.60. The lowest BCUT2D eigenvalue weighted by Crippen LogP contribution is -2.49. The van der Waals surface area contributed by atoms with Crippen LogP contribution in [0.5, 0.6) is 5.75 Å². The van der Waals surface area contributed by atoms with E-state index in [1.807, 2.05) is 50.2 Å². The van der Waals surface area contributed by atoms with Crippen LogP contribution in [-0.4, -0.2) is 23.5 Å². The van der Waals surface area contributed by atoms with Gasteiger partial charge in [0.2, 0.25) is 5.91 Å². The molecule has 0 aliphatic rings. The molecule has 6 nitrogen and oxygen atoms in total. The molecule has 0 atom stereocenters. The Kier molecular flexibility index (Phi) is 8.81. The minimum atomic E-state index is -0.453.